The van der Waals surface area contributed by atoms with Crippen LogP contribution in [0.5, 0.6) is 0 Å². The van der Waals surface area contributed by atoms with Gasteiger partial charge in [-0.05, 0) is 37.1 Å². The number of nitrogens with zero attached hydrogens (tertiary/aromatic N) is 1. The van der Waals surface area contributed by atoms with Gasteiger partial charge in [0.1, 0.15) is 0 Å². The number of aryl methyl sites for hydroxylation is 1. The van der Waals surface area contributed by atoms with Crippen molar-refractivity contribution in [1.29, 1.82) is 0 Å². The van der Waals surface area contributed by atoms with Gasteiger partial charge in [-0.15, -0.1) is 0 Å². The third-order valence-corrected chi connectivity index (χ3v) is 4.70. The maximum atomic E-state index is 12.7. The van der Waals surface area contributed by atoms with Crippen molar-refractivity contribution >= 4 is 23.2 Å². The monoisotopic (exact) mass is 354 g/mol. The van der Waals surface area contributed by atoms with Crippen LogP contribution < -0.4 is 15.1 Å². The summed E-state index contributed by atoms with van der Waals surface area (Å²) in [5, 5.41) is 2.96. The minimum Gasteiger partial charge on any atom is -0.321 e. The summed E-state index contributed by atoms with van der Waals surface area (Å²) in [6.45, 7) is 4.14. The molecule has 0 aliphatic rings. The zero-order valence-corrected chi connectivity index (χ0v) is 16.0. The Morgan fingerprint density at radius 2 is 1.69 bits per heavy atom. The number of carbonyl (C=O) groups is 2. The van der Waals surface area contributed by atoms with E-state index in [9.17, 15) is 9.59 Å². The number of hydrogen-bond acceptors (Lipinski definition) is 2. The van der Waals surface area contributed by atoms with E-state index < -0.39 is 0 Å². The Balaban J connectivity index is 1.96. The molecule has 0 heterocycles. The topological polar surface area (TPSA) is 53.9 Å². The molecular weight excluding hydrogens is 326 g/mol. The number of benzene rings is 2. The van der Waals surface area contributed by atoms with E-state index in [1.807, 2.05) is 68.6 Å². The fourth-order valence-electron chi connectivity index (χ4n) is 2.83. The first-order valence-corrected chi connectivity index (χ1v) is 8.96. The number of amides is 2. The summed E-state index contributed by atoms with van der Waals surface area (Å²) < 4.78 is 0. The Kier molecular flexibility index (Phi) is 6.92. The largest absolute Gasteiger partial charge is 0.321 e. The number of quaternary nitrogens is 1. The van der Waals surface area contributed by atoms with Crippen LogP contribution in [0, 0.1) is 0 Å². The molecule has 2 aromatic carbocycles. The Morgan fingerprint density at radius 1 is 1.08 bits per heavy atom. The normalized spacial score (nSPS) is 12.9. The summed E-state index contributed by atoms with van der Waals surface area (Å²) >= 11 is 0. The fraction of sp³-hybridized carbons (Fsp3) is 0.333. The molecule has 0 aliphatic carbocycles. The van der Waals surface area contributed by atoms with Crippen molar-refractivity contribution in [2.75, 3.05) is 30.9 Å². The van der Waals surface area contributed by atoms with Crippen molar-refractivity contribution < 1.29 is 14.5 Å². The number of anilines is 2. The van der Waals surface area contributed by atoms with Gasteiger partial charge in [0.05, 0.1) is 7.05 Å². The molecule has 138 valence electrons. The van der Waals surface area contributed by atoms with Gasteiger partial charge >= 0.3 is 0 Å². The molecule has 0 aliphatic heterocycles. The van der Waals surface area contributed by atoms with Crippen molar-refractivity contribution in [3.05, 3.63) is 60.2 Å². The lowest BCUT2D eigenvalue weighted by molar-refractivity contribution is -0.885. The molecule has 2 N–H and O–H groups in total. The van der Waals surface area contributed by atoms with E-state index in [0.717, 1.165) is 28.3 Å². The fourth-order valence-corrected chi connectivity index (χ4v) is 2.83. The second-order valence-corrected chi connectivity index (χ2v) is 6.54. The minimum absolute atomic E-state index is 0.0181. The van der Waals surface area contributed by atoms with Crippen molar-refractivity contribution in [2.24, 2.45) is 0 Å². The molecule has 2 rings (SSSR count). The minimum atomic E-state index is -0.327. The molecule has 26 heavy (non-hydrogen) atoms. The van der Waals surface area contributed by atoms with Gasteiger partial charge in [-0.3, -0.25) is 9.59 Å². The molecule has 0 bridgehead atoms. The first-order valence-electron chi connectivity index (χ1n) is 8.96. The average Bonchev–Trinajstić information content (AvgIpc) is 2.67. The molecule has 2 aromatic rings. The summed E-state index contributed by atoms with van der Waals surface area (Å²) in [6.07, 6.45) is 0.857. The lowest BCUT2D eigenvalue weighted by atomic mass is 10.1. The molecule has 2 atom stereocenters. The van der Waals surface area contributed by atoms with E-state index in [-0.39, 0.29) is 24.4 Å². The molecule has 5 nitrogen and oxygen atoms in total. The number of carbonyl (C=O) groups excluding carboxylic acids is 2. The second-order valence-electron chi connectivity index (χ2n) is 6.54. The summed E-state index contributed by atoms with van der Waals surface area (Å²) in [6, 6.07) is 17.0. The first kappa shape index (κ1) is 19.7. The molecule has 0 aromatic heterocycles. The van der Waals surface area contributed by atoms with Crippen LogP contribution in [0.1, 0.15) is 19.4 Å². The standard InChI is InChI=1S/C21H27N3O2/c1-5-17-11-9-10-14-19(17)22-20(25)15-23(3)16(2)21(26)24(4)18-12-7-6-8-13-18/h6-14,16H,5,15H2,1-4H3,(H,22,25)/p+1/t16-/m1/s1. The predicted octanol–water partition coefficient (Wildman–Crippen LogP) is 1.75. The maximum absolute atomic E-state index is 12.7. The zero-order valence-electron chi connectivity index (χ0n) is 16.0. The van der Waals surface area contributed by atoms with E-state index in [1.54, 1.807) is 11.9 Å². The van der Waals surface area contributed by atoms with Crippen LogP contribution in [0.3, 0.4) is 0 Å². The Hall–Kier alpha value is -2.66. The van der Waals surface area contributed by atoms with Crippen LogP contribution in [0.4, 0.5) is 11.4 Å². The molecule has 0 fully saturated rings. The van der Waals surface area contributed by atoms with Gasteiger partial charge in [0, 0.05) is 18.4 Å². The highest BCUT2D eigenvalue weighted by atomic mass is 16.2. The Morgan fingerprint density at radius 3 is 2.35 bits per heavy atom. The zero-order chi connectivity index (χ0) is 19.1. The Labute approximate surface area is 155 Å². The van der Waals surface area contributed by atoms with Gasteiger partial charge in [-0.2, -0.15) is 0 Å². The van der Waals surface area contributed by atoms with E-state index in [1.165, 1.54) is 0 Å². The highest BCUT2D eigenvalue weighted by molar-refractivity contribution is 5.96. The summed E-state index contributed by atoms with van der Waals surface area (Å²) in [5.41, 5.74) is 2.79. The molecule has 2 amide bonds. The lowest BCUT2D eigenvalue weighted by Crippen LogP contribution is -3.15. The highest BCUT2D eigenvalue weighted by Crippen LogP contribution is 2.15. The van der Waals surface area contributed by atoms with Crippen LogP contribution >= 0.6 is 0 Å². The molecule has 0 radical (unpaired) electrons. The van der Waals surface area contributed by atoms with Crippen LogP contribution in [0.15, 0.2) is 54.6 Å². The first-order chi connectivity index (χ1) is 12.4. The van der Waals surface area contributed by atoms with Crippen molar-refractivity contribution in [1.82, 2.24) is 0 Å². The third kappa shape index (κ3) is 4.92. The van der Waals surface area contributed by atoms with E-state index >= 15 is 0 Å². The molecule has 5 heteroatoms. The summed E-state index contributed by atoms with van der Waals surface area (Å²) in [5.74, 6) is -0.110. The van der Waals surface area contributed by atoms with Crippen LogP contribution in [-0.2, 0) is 16.0 Å². The molecular formula is C21H28N3O2+. The van der Waals surface area contributed by atoms with Gasteiger partial charge < -0.3 is 15.1 Å². The SMILES string of the molecule is CCc1ccccc1NC(=O)C[NH+](C)[C@H](C)C(=O)N(C)c1ccccc1. The lowest BCUT2D eigenvalue weighted by Gasteiger charge is -2.25. The number of hydrogen-bond donors (Lipinski definition) is 2. The summed E-state index contributed by atoms with van der Waals surface area (Å²) in [4.78, 5) is 27.6. The van der Waals surface area contributed by atoms with Crippen molar-refractivity contribution in [2.45, 2.75) is 26.3 Å². The van der Waals surface area contributed by atoms with E-state index in [4.69, 9.17) is 0 Å². The molecule has 0 spiro atoms. The number of rotatable bonds is 7. The van der Waals surface area contributed by atoms with Crippen molar-refractivity contribution in [3.8, 4) is 0 Å². The van der Waals surface area contributed by atoms with Gasteiger partial charge in [0.15, 0.2) is 12.6 Å². The van der Waals surface area contributed by atoms with E-state index in [0.29, 0.717) is 0 Å². The number of nitrogens with one attached hydrogen (secondary N) is 2. The Bertz CT molecular complexity index is 746. The van der Waals surface area contributed by atoms with Crippen LogP contribution in [0.2, 0.25) is 0 Å². The predicted molar refractivity (Wildman–Crippen MR) is 106 cm³/mol. The number of likely N-dealkylation sites (N-methyl/N-ethyl adjacent to an activating group) is 2. The van der Waals surface area contributed by atoms with Crippen LogP contribution in [0.25, 0.3) is 0 Å². The average molecular weight is 354 g/mol. The second kappa shape index (κ2) is 9.15. The molecule has 0 saturated carbocycles. The summed E-state index contributed by atoms with van der Waals surface area (Å²) in [7, 11) is 3.63. The van der Waals surface area contributed by atoms with E-state index in [2.05, 4.69) is 12.2 Å². The van der Waals surface area contributed by atoms with Gasteiger partial charge in [0.25, 0.3) is 11.8 Å². The van der Waals surface area contributed by atoms with Crippen molar-refractivity contribution in [3.63, 3.8) is 0 Å². The van der Waals surface area contributed by atoms with Gasteiger partial charge in [0.2, 0.25) is 0 Å². The van der Waals surface area contributed by atoms with Gasteiger partial charge in [-0.25, -0.2) is 0 Å². The van der Waals surface area contributed by atoms with Gasteiger partial charge in [-0.1, -0.05) is 43.3 Å². The van der Waals surface area contributed by atoms with Crippen LogP contribution in [-0.4, -0.2) is 38.5 Å². The third-order valence-electron chi connectivity index (χ3n) is 4.70. The number of para-hydroxylation sites is 2. The maximum Gasteiger partial charge on any atom is 0.284 e. The molecule has 0 saturated heterocycles. The quantitative estimate of drug-likeness (QED) is 0.796. The highest BCUT2D eigenvalue weighted by Gasteiger charge is 2.27. The molecule has 1 unspecified atom stereocenters. The smallest absolute Gasteiger partial charge is 0.284 e.